The van der Waals surface area contributed by atoms with Crippen LogP contribution >= 0.6 is 0 Å². The highest BCUT2D eigenvalue weighted by Crippen LogP contribution is 2.21. The molecule has 0 amide bonds. The molecule has 1 aromatic heterocycles. The van der Waals surface area contributed by atoms with Crippen LogP contribution in [0.1, 0.15) is 23.4 Å². The third-order valence-electron chi connectivity index (χ3n) is 3.60. The fourth-order valence-electron chi connectivity index (χ4n) is 2.33. The third kappa shape index (κ3) is 2.87. The Labute approximate surface area is 117 Å². The van der Waals surface area contributed by atoms with E-state index in [1.807, 2.05) is 7.05 Å². The number of rotatable bonds is 5. The van der Waals surface area contributed by atoms with Gasteiger partial charge in [0.25, 0.3) is 10.0 Å². The van der Waals surface area contributed by atoms with Crippen LogP contribution in [0.5, 0.6) is 0 Å². The van der Waals surface area contributed by atoms with Gasteiger partial charge in [0.2, 0.25) is 10.9 Å². The van der Waals surface area contributed by atoms with Gasteiger partial charge in [-0.05, 0) is 38.6 Å². The molecule has 1 unspecified atom stereocenters. The van der Waals surface area contributed by atoms with Crippen molar-refractivity contribution < 1.29 is 22.7 Å². The van der Waals surface area contributed by atoms with Gasteiger partial charge >= 0.3 is 5.97 Å². The molecule has 0 spiro atoms. The van der Waals surface area contributed by atoms with Crippen molar-refractivity contribution in [1.82, 2.24) is 9.21 Å². The topological polar surface area (TPSA) is 91.1 Å². The predicted molar refractivity (Wildman–Crippen MR) is 71.1 cm³/mol. The molecule has 0 bridgehead atoms. The lowest BCUT2D eigenvalue weighted by molar-refractivity contribution is 0.0656. The Morgan fingerprint density at radius 2 is 2.25 bits per heavy atom. The summed E-state index contributed by atoms with van der Waals surface area (Å²) < 4.78 is 30.7. The van der Waals surface area contributed by atoms with E-state index in [-0.39, 0.29) is 16.9 Å². The number of hydrogen-bond donors (Lipinski definition) is 1. The van der Waals surface area contributed by atoms with Crippen molar-refractivity contribution in [3.63, 3.8) is 0 Å². The van der Waals surface area contributed by atoms with E-state index < -0.39 is 16.0 Å². The van der Waals surface area contributed by atoms with E-state index in [2.05, 4.69) is 4.90 Å². The first-order valence-corrected chi connectivity index (χ1v) is 7.76. The molecule has 0 aliphatic carbocycles. The highest BCUT2D eigenvalue weighted by atomic mass is 32.2. The SMILES string of the molecule is CN1CCCC1CN(C)S(=O)(=O)c1ccc(C(=O)O)o1. The maximum absolute atomic E-state index is 12.3. The summed E-state index contributed by atoms with van der Waals surface area (Å²) in [7, 11) is -0.343. The fraction of sp³-hybridized carbons (Fsp3) is 0.583. The molecule has 1 aromatic rings. The Morgan fingerprint density at radius 1 is 1.55 bits per heavy atom. The lowest BCUT2D eigenvalue weighted by Crippen LogP contribution is -2.39. The van der Waals surface area contributed by atoms with Crippen LogP contribution in [0.4, 0.5) is 0 Å². The number of likely N-dealkylation sites (tertiary alicyclic amines) is 1. The number of aromatic carboxylic acids is 1. The van der Waals surface area contributed by atoms with Gasteiger partial charge < -0.3 is 14.4 Å². The molecule has 1 aliphatic heterocycles. The molecule has 1 saturated heterocycles. The van der Waals surface area contributed by atoms with Crippen molar-refractivity contribution >= 4 is 16.0 Å². The number of nitrogens with zero attached hydrogens (tertiary/aromatic N) is 2. The van der Waals surface area contributed by atoms with Crippen LogP contribution in [0, 0.1) is 0 Å². The average Bonchev–Trinajstić information content (AvgIpc) is 2.99. The van der Waals surface area contributed by atoms with Crippen LogP contribution in [-0.2, 0) is 10.0 Å². The molecule has 2 rings (SSSR count). The first kappa shape index (κ1) is 15.0. The Kier molecular flexibility index (Phi) is 4.17. The molecule has 1 N–H and O–H groups in total. The van der Waals surface area contributed by atoms with Crippen molar-refractivity contribution in [3.05, 3.63) is 17.9 Å². The third-order valence-corrected chi connectivity index (χ3v) is 5.29. The minimum atomic E-state index is -3.79. The fourth-order valence-corrected chi connectivity index (χ4v) is 3.44. The van der Waals surface area contributed by atoms with E-state index in [9.17, 15) is 13.2 Å². The largest absolute Gasteiger partial charge is 0.475 e. The minimum Gasteiger partial charge on any atom is -0.475 e. The quantitative estimate of drug-likeness (QED) is 0.860. The zero-order chi connectivity index (χ0) is 14.9. The first-order valence-electron chi connectivity index (χ1n) is 6.32. The van der Waals surface area contributed by atoms with E-state index >= 15 is 0 Å². The number of likely N-dealkylation sites (N-methyl/N-ethyl adjacent to an activating group) is 2. The van der Waals surface area contributed by atoms with E-state index in [1.165, 1.54) is 17.4 Å². The lowest BCUT2D eigenvalue weighted by atomic mass is 10.2. The van der Waals surface area contributed by atoms with E-state index in [1.54, 1.807) is 0 Å². The second-order valence-corrected chi connectivity index (χ2v) is 6.96. The van der Waals surface area contributed by atoms with Crippen LogP contribution in [0.15, 0.2) is 21.6 Å². The average molecular weight is 302 g/mol. The van der Waals surface area contributed by atoms with Gasteiger partial charge in [-0.25, -0.2) is 13.2 Å². The van der Waals surface area contributed by atoms with Gasteiger partial charge in [0.05, 0.1) is 0 Å². The molecule has 112 valence electrons. The molecule has 1 atom stereocenters. The summed E-state index contributed by atoms with van der Waals surface area (Å²) >= 11 is 0. The molecule has 2 heterocycles. The second-order valence-electron chi connectivity index (χ2n) is 4.99. The lowest BCUT2D eigenvalue weighted by Gasteiger charge is -2.24. The highest BCUT2D eigenvalue weighted by Gasteiger charge is 2.30. The Hall–Kier alpha value is -1.38. The highest BCUT2D eigenvalue weighted by molar-refractivity contribution is 7.89. The molecule has 20 heavy (non-hydrogen) atoms. The summed E-state index contributed by atoms with van der Waals surface area (Å²) in [6.45, 7) is 1.32. The normalized spacial score (nSPS) is 20.6. The Bertz CT molecular complexity index is 595. The molecular weight excluding hydrogens is 284 g/mol. The summed E-state index contributed by atoms with van der Waals surface area (Å²) in [4.78, 5) is 12.8. The summed E-state index contributed by atoms with van der Waals surface area (Å²) in [5, 5.41) is 8.42. The number of carboxylic acids is 1. The molecule has 7 nitrogen and oxygen atoms in total. The van der Waals surface area contributed by atoms with Crippen LogP contribution in [-0.4, -0.2) is 61.9 Å². The zero-order valence-corrected chi connectivity index (χ0v) is 12.3. The second kappa shape index (κ2) is 5.55. The van der Waals surface area contributed by atoms with Crippen molar-refractivity contribution in [2.45, 2.75) is 24.0 Å². The van der Waals surface area contributed by atoms with E-state index in [4.69, 9.17) is 9.52 Å². The molecule has 0 saturated carbocycles. The van der Waals surface area contributed by atoms with Crippen LogP contribution in [0.25, 0.3) is 0 Å². The first-order chi connectivity index (χ1) is 9.32. The van der Waals surface area contributed by atoms with Gasteiger partial charge in [0, 0.05) is 19.6 Å². The molecule has 8 heteroatoms. The number of carboxylic acid groups (broad SMARTS) is 1. The maximum Gasteiger partial charge on any atom is 0.371 e. The molecule has 0 aromatic carbocycles. The van der Waals surface area contributed by atoms with Gasteiger partial charge in [-0.15, -0.1) is 0 Å². The smallest absolute Gasteiger partial charge is 0.371 e. The summed E-state index contributed by atoms with van der Waals surface area (Å²) in [6.07, 6.45) is 2.01. The predicted octanol–water partition coefficient (Wildman–Crippen LogP) is 0.692. The van der Waals surface area contributed by atoms with Gasteiger partial charge in [-0.2, -0.15) is 4.31 Å². The number of furan rings is 1. The molecule has 1 aliphatic rings. The van der Waals surface area contributed by atoms with Crippen LogP contribution < -0.4 is 0 Å². The minimum absolute atomic E-state index is 0.184. The summed E-state index contributed by atoms with van der Waals surface area (Å²) in [5.41, 5.74) is 0. The Morgan fingerprint density at radius 3 is 2.75 bits per heavy atom. The van der Waals surface area contributed by atoms with Crippen molar-refractivity contribution in [1.29, 1.82) is 0 Å². The van der Waals surface area contributed by atoms with Gasteiger partial charge in [-0.1, -0.05) is 0 Å². The van der Waals surface area contributed by atoms with E-state index in [0.717, 1.165) is 25.5 Å². The number of sulfonamides is 1. The standard InChI is InChI=1S/C12H18N2O5S/c1-13-7-3-4-9(13)8-14(2)20(17,18)11-6-5-10(19-11)12(15)16/h5-6,9H,3-4,7-8H2,1-2H3,(H,15,16). The number of hydrogen-bond acceptors (Lipinski definition) is 5. The van der Waals surface area contributed by atoms with Crippen LogP contribution in [0.3, 0.4) is 0 Å². The monoisotopic (exact) mass is 302 g/mol. The van der Waals surface area contributed by atoms with Crippen molar-refractivity contribution in [2.75, 3.05) is 27.2 Å². The van der Waals surface area contributed by atoms with Gasteiger partial charge in [-0.3, -0.25) is 0 Å². The molecular formula is C12H18N2O5S. The van der Waals surface area contributed by atoms with Crippen LogP contribution in [0.2, 0.25) is 0 Å². The van der Waals surface area contributed by atoms with E-state index in [0.29, 0.717) is 6.54 Å². The van der Waals surface area contributed by atoms with Gasteiger partial charge in [0.1, 0.15) is 0 Å². The molecule has 0 radical (unpaired) electrons. The molecule has 1 fully saturated rings. The summed E-state index contributed by atoms with van der Waals surface area (Å²) in [6, 6.07) is 2.50. The van der Waals surface area contributed by atoms with Gasteiger partial charge in [0.15, 0.2) is 0 Å². The number of carbonyl (C=O) groups is 1. The van der Waals surface area contributed by atoms with Crippen molar-refractivity contribution in [3.8, 4) is 0 Å². The summed E-state index contributed by atoms with van der Waals surface area (Å²) in [5.74, 6) is -1.67. The Balaban J connectivity index is 2.14. The maximum atomic E-state index is 12.3. The van der Waals surface area contributed by atoms with Crippen molar-refractivity contribution in [2.24, 2.45) is 0 Å². The zero-order valence-electron chi connectivity index (χ0n) is 11.4.